The van der Waals surface area contributed by atoms with Crippen LogP contribution in [0.5, 0.6) is 0 Å². The van der Waals surface area contributed by atoms with Crippen LogP contribution in [-0.4, -0.2) is 40.7 Å². The van der Waals surface area contributed by atoms with E-state index in [9.17, 15) is 14.4 Å². The zero-order chi connectivity index (χ0) is 21.3. The fourth-order valence-corrected chi connectivity index (χ4v) is 3.70. The van der Waals surface area contributed by atoms with E-state index < -0.39 is 5.91 Å². The fourth-order valence-electron chi connectivity index (χ4n) is 3.70. The second-order valence-corrected chi connectivity index (χ2v) is 7.36. The van der Waals surface area contributed by atoms with Crippen LogP contribution < -0.4 is 16.0 Å². The molecule has 9 heteroatoms. The summed E-state index contributed by atoms with van der Waals surface area (Å²) in [4.78, 5) is 47.4. The number of furan rings is 1. The molecule has 0 unspecified atom stereocenters. The van der Waals surface area contributed by atoms with Gasteiger partial charge in [-0.05, 0) is 46.6 Å². The molecule has 1 aliphatic heterocycles. The van der Waals surface area contributed by atoms with Gasteiger partial charge < -0.3 is 15.1 Å². The Kier molecular flexibility index (Phi) is 5.67. The largest absolute Gasteiger partial charge is 0.444 e. The number of carbonyl (C=O) groups excluding carboxylic acids is 3. The summed E-state index contributed by atoms with van der Waals surface area (Å²) in [6.45, 7) is 8.01. The lowest BCUT2D eigenvalue weighted by molar-refractivity contribution is -0.120. The summed E-state index contributed by atoms with van der Waals surface area (Å²) in [6, 6.07) is 1.92. The molecular weight excluding hydrogens is 374 g/mol. The highest BCUT2D eigenvalue weighted by atomic mass is 16.4. The van der Waals surface area contributed by atoms with Gasteiger partial charge in [-0.25, -0.2) is 9.97 Å². The van der Waals surface area contributed by atoms with Crippen LogP contribution in [0.2, 0.25) is 0 Å². The van der Waals surface area contributed by atoms with Crippen molar-refractivity contribution in [3.63, 3.8) is 0 Å². The second-order valence-electron chi connectivity index (χ2n) is 7.36. The summed E-state index contributed by atoms with van der Waals surface area (Å²) >= 11 is 0. The average molecular weight is 399 g/mol. The van der Waals surface area contributed by atoms with Gasteiger partial charge in [0.15, 0.2) is 5.78 Å². The van der Waals surface area contributed by atoms with E-state index in [0.717, 1.165) is 11.4 Å². The van der Waals surface area contributed by atoms with Gasteiger partial charge in [0.25, 0.3) is 5.91 Å². The first kappa shape index (κ1) is 20.5. The number of ketones is 1. The quantitative estimate of drug-likeness (QED) is 0.736. The van der Waals surface area contributed by atoms with Gasteiger partial charge in [0.1, 0.15) is 11.3 Å². The lowest BCUT2D eigenvalue weighted by Crippen LogP contribution is -2.39. The predicted molar refractivity (Wildman–Crippen MR) is 107 cm³/mol. The molecule has 0 bridgehead atoms. The number of primary amides is 1. The molecule has 1 aliphatic rings. The van der Waals surface area contributed by atoms with Crippen LogP contribution in [0.1, 0.15) is 57.6 Å². The average Bonchev–Trinajstić information content (AvgIpc) is 2.97. The Morgan fingerprint density at radius 1 is 1.10 bits per heavy atom. The first-order valence-electron chi connectivity index (χ1n) is 9.49. The van der Waals surface area contributed by atoms with Crippen LogP contribution in [0.4, 0.5) is 11.8 Å². The highest BCUT2D eigenvalue weighted by molar-refractivity contribution is 6.12. The van der Waals surface area contributed by atoms with E-state index in [1.54, 1.807) is 6.92 Å². The van der Waals surface area contributed by atoms with Gasteiger partial charge in [0.05, 0.1) is 5.56 Å². The third-order valence-corrected chi connectivity index (χ3v) is 5.04. The molecule has 1 fully saturated rings. The molecular formula is C20H25N5O4. The van der Waals surface area contributed by atoms with Crippen LogP contribution in [0, 0.1) is 26.7 Å². The molecule has 0 radical (unpaired) electrons. The monoisotopic (exact) mass is 399 g/mol. The van der Waals surface area contributed by atoms with E-state index in [-0.39, 0.29) is 40.4 Å². The van der Waals surface area contributed by atoms with Gasteiger partial charge >= 0.3 is 0 Å². The third kappa shape index (κ3) is 4.28. The van der Waals surface area contributed by atoms with E-state index in [4.69, 9.17) is 10.2 Å². The first-order chi connectivity index (χ1) is 13.7. The van der Waals surface area contributed by atoms with Crippen molar-refractivity contribution < 1.29 is 18.8 Å². The molecule has 2 aromatic rings. The van der Waals surface area contributed by atoms with Crippen LogP contribution in [0.25, 0.3) is 0 Å². The van der Waals surface area contributed by atoms with Gasteiger partial charge in [-0.1, -0.05) is 0 Å². The van der Waals surface area contributed by atoms with Gasteiger partial charge in [-0.15, -0.1) is 0 Å². The molecule has 2 aromatic heterocycles. The van der Waals surface area contributed by atoms with Gasteiger partial charge in [-0.3, -0.25) is 19.7 Å². The Morgan fingerprint density at radius 3 is 2.21 bits per heavy atom. The number of aryl methyl sites for hydroxylation is 3. The number of hydrogen-bond acceptors (Lipinski definition) is 7. The number of Topliss-reactive ketones (excluding diaryl/α,β-unsaturated/α-hetero) is 1. The maximum Gasteiger partial charge on any atom is 0.255 e. The topological polar surface area (TPSA) is 131 Å². The Bertz CT molecular complexity index is 953. The molecule has 0 aromatic carbocycles. The molecule has 1 saturated heterocycles. The summed E-state index contributed by atoms with van der Waals surface area (Å²) in [5.74, 6) is -0.827. The smallest absolute Gasteiger partial charge is 0.255 e. The summed E-state index contributed by atoms with van der Waals surface area (Å²) in [7, 11) is 0. The molecule has 0 saturated carbocycles. The molecule has 3 rings (SSSR count). The minimum atomic E-state index is -0.816. The van der Waals surface area contributed by atoms with Gasteiger partial charge in [-0.2, -0.15) is 0 Å². The van der Waals surface area contributed by atoms with Crippen molar-refractivity contribution in [2.75, 3.05) is 23.3 Å². The molecule has 0 spiro atoms. The van der Waals surface area contributed by atoms with Crippen molar-refractivity contribution in [1.29, 1.82) is 0 Å². The van der Waals surface area contributed by atoms with Crippen molar-refractivity contribution in [2.24, 2.45) is 11.7 Å². The standard InChI is InChI=1S/C20H25N5O4/c1-10-9-11(2)23-20(22-10)25-7-5-14(6-8-25)18(28)24-19-16(17(21)27)15(12(3)26)13(4)29-19/h9,14H,5-8H2,1-4H3,(H2,21,27)(H,24,28). The van der Waals surface area contributed by atoms with E-state index in [1.165, 1.54) is 6.92 Å². The molecule has 154 valence electrons. The van der Waals surface area contributed by atoms with Crippen molar-refractivity contribution in [2.45, 2.75) is 40.5 Å². The maximum atomic E-state index is 12.7. The van der Waals surface area contributed by atoms with Gasteiger partial charge in [0.2, 0.25) is 17.7 Å². The molecule has 0 aliphatic carbocycles. The SMILES string of the molecule is CC(=O)c1c(C)oc(NC(=O)C2CCN(c3nc(C)cc(C)n3)CC2)c1C(N)=O. The first-order valence-corrected chi connectivity index (χ1v) is 9.49. The molecule has 3 N–H and O–H groups in total. The Balaban J connectivity index is 1.70. The highest BCUT2D eigenvalue weighted by Crippen LogP contribution is 2.29. The number of hydrogen-bond donors (Lipinski definition) is 2. The Hall–Kier alpha value is -3.23. The van der Waals surface area contributed by atoms with Crippen molar-refractivity contribution in [3.8, 4) is 0 Å². The fraction of sp³-hybridized carbons (Fsp3) is 0.450. The van der Waals surface area contributed by atoms with Crippen LogP contribution >= 0.6 is 0 Å². The van der Waals surface area contributed by atoms with E-state index >= 15 is 0 Å². The number of piperidine rings is 1. The van der Waals surface area contributed by atoms with Crippen LogP contribution in [-0.2, 0) is 4.79 Å². The number of nitrogens with one attached hydrogen (secondary N) is 1. The third-order valence-electron chi connectivity index (χ3n) is 5.04. The summed E-state index contributed by atoms with van der Waals surface area (Å²) in [6.07, 6.45) is 1.21. The van der Waals surface area contributed by atoms with Crippen LogP contribution in [0.3, 0.4) is 0 Å². The minimum absolute atomic E-state index is 0.0646. The normalized spacial score (nSPS) is 14.7. The number of anilines is 2. The molecule has 2 amide bonds. The second kappa shape index (κ2) is 8.02. The number of nitrogens with zero attached hydrogens (tertiary/aromatic N) is 3. The van der Waals surface area contributed by atoms with E-state index in [0.29, 0.717) is 31.9 Å². The number of rotatable bonds is 5. The summed E-state index contributed by atoms with van der Waals surface area (Å²) in [5, 5.41) is 2.64. The molecule has 3 heterocycles. The predicted octanol–water partition coefficient (Wildman–Crippen LogP) is 2.15. The number of nitrogens with two attached hydrogens (primary N) is 1. The molecule has 9 nitrogen and oxygen atoms in total. The number of aromatic nitrogens is 2. The number of carbonyl (C=O) groups is 3. The Morgan fingerprint density at radius 2 is 1.69 bits per heavy atom. The van der Waals surface area contributed by atoms with Crippen LogP contribution in [0.15, 0.2) is 10.5 Å². The lowest BCUT2D eigenvalue weighted by Gasteiger charge is -2.31. The number of amides is 2. The summed E-state index contributed by atoms with van der Waals surface area (Å²) in [5.41, 5.74) is 7.24. The van der Waals surface area contributed by atoms with Crippen molar-refractivity contribution >= 4 is 29.4 Å². The Labute approximate surface area is 168 Å². The zero-order valence-corrected chi connectivity index (χ0v) is 17.0. The van der Waals surface area contributed by atoms with E-state index in [2.05, 4.69) is 20.2 Å². The van der Waals surface area contributed by atoms with Gasteiger partial charge in [0, 0.05) is 30.4 Å². The zero-order valence-electron chi connectivity index (χ0n) is 17.0. The minimum Gasteiger partial charge on any atom is -0.444 e. The van der Waals surface area contributed by atoms with Crippen molar-refractivity contribution in [3.05, 3.63) is 34.3 Å². The highest BCUT2D eigenvalue weighted by Gasteiger charge is 2.30. The van der Waals surface area contributed by atoms with Crippen molar-refractivity contribution in [1.82, 2.24) is 9.97 Å². The maximum absolute atomic E-state index is 12.7. The molecule has 29 heavy (non-hydrogen) atoms. The lowest BCUT2D eigenvalue weighted by atomic mass is 9.96. The molecule has 0 atom stereocenters. The van der Waals surface area contributed by atoms with E-state index in [1.807, 2.05) is 19.9 Å². The summed E-state index contributed by atoms with van der Waals surface area (Å²) < 4.78 is 5.46.